The molecule has 72 valence electrons. The highest BCUT2D eigenvalue weighted by molar-refractivity contribution is 7.80. The van der Waals surface area contributed by atoms with E-state index in [-0.39, 0.29) is 18.5 Å². The number of carbonyl (C=O) groups is 2. The maximum atomic E-state index is 9.88. The van der Waals surface area contributed by atoms with E-state index in [1.54, 1.807) is 0 Å². The maximum absolute atomic E-state index is 9.88. The van der Waals surface area contributed by atoms with Gasteiger partial charge in [0.05, 0.1) is 5.88 Å². The molecule has 0 unspecified atom stereocenters. The number of hydrogen-bond acceptors (Lipinski definition) is 4. The normalized spacial score (nSPS) is 7.67. The second-order valence-corrected chi connectivity index (χ2v) is 2.10. The van der Waals surface area contributed by atoms with Crippen molar-refractivity contribution in [1.82, 2.24) is 10.6 Å². The van der Waals surface area contributed by atoms with Crippen LogP contribution in [0.15, 0.2) is 0 Å². The van der Waals surface area contributed by atoms with E-state index in [1.807, 2.05) is 0 Å². The lowest BCUT2D eigenvalue weighted by molar-refractivity contribution is -0.120. The first-order valence-electron chi connectivity index (χ1n) is 3.25. The summed E-state index contributed by atoms with van der Waals surface area (Å²) < 4.78 is 0. The quantitative estimate of drug-likeness (QED) is 0.339. The molecule has 0 aromatic heterocycles. The fraction of sp³-hybridized carbons (Fsp3) is 0.667. The summed E-state index contributed by atoms with van der Waals surface area (Å²) in [5.41, 5.74) is 0. The van der Waals surface area contributed by atoms with E-state index < -0.39 is 0 Å². The van der Waals surface area contributed by atoms with Crippen molar-refractivity contribution in [2.24, 2.45) is 0 Å². The number of aliphatic hydroxyl groups excluding tert-OH is 1. The maximum Gasteiger partial charge on any atom is 0.218 e. The minimum Gasteiger partial charge on any atom is -0.377 e. The molecule has 0 bridgehead atoms. The molecule has 0 saturated heterocycles. The van der Waals surface area contributed by atoms with Gasteiger partial charge in [0.2, 0.25) is 11.8 Å². The van der Waals surface area contributed by atoms with Crippen molar-refractivity contribution in [2.45, 2.75) is 13.8 Å². The van der Waals surface area contributed by atoms with Crippen LogP contribution >= 0.6 is 12.6 Å². The van der Waals surface area contributed by atoms with Crippen LogP contribution in [0.1, 0.15) is 13.8 Å². The van der Waals surface area contributed by atoms with Crippen molar-refractivity contribution in [2.75, 3.05) is 12.6 Å². The third-order valence-electron chi connectivity index (χ3n) is 0.656. The molecule has 12 heavy (non-hydrogen) atoms. The van der Waals surface area contributed by atoms with Gasteiger partial charge in [-0.25, -0.2) is 0 Å². The second kappa shape index (κ2) is 10.2. The highest BCUT2D eigenvalue weighted by atomic mass is 32.1. The Bertz CT molecular complexity index is 125. The van der Waals surface area contributed by atoms with Crippen LogP contribution in [0.4, 0.5) is 0 Å². The summed E-state index contributed by atoms with van der Waals surface area (Å²) in [5.74, 6) is 0.178. The number of amides is 2. The van der Waals surface area contributed by atoms with Crippen molar-refractivity contribution in [3.05, 3.63) is 0 Å². The molecule has 0 aliphatic rings. The predicted octanol–water partition coefficient (Wildman–Crippen LogP) is -0.918. The summed E-state index contributed by atoms with van der Waals surface area (Å²) >= 11 is 3.73. The van der Waals surface area contributed by atoms with Crippen LogP contribution in [0.25, 0.3) is 0 Å². The standard InChI is InChI=1S/C3H7NO2.C3H7NOS/c1-3(6)4-2-5;1-3(5)4-2-6/h5H,2H2,1H3,(H,4,6);6H,2H2,1H3,(H,4,5). The molecule has 2 amide bonds. The number of carbonyl (C=O) groups excluding carboxylic acids is 2. The lowest BCUT2D eigenvalue weighted by atomic mass is 10.7. The van der Waals surface area contributed by atoms with Gasteiger partial charge in [0.15, 0.2) is 0 Å². The average molecular weight is 194 g/mol. The number of nitrogens with one attached hydrogen (secondary N) is 2. The fourth-order valence-electron chi connectivity index (χ4n) is 0.223. The third kappa shape index (κ3) is 22.8. The molecule has 0 radical (unpaired) electrons. The number of aliphatic hydroxyl groups is 1. The van der Waals surface area contributed by atoms with Gasteiger partial charge in [0, 0.05) is 13.8 Å². The van der Waals surface area contributed by atoms with Crippen molar-refractivity contribution in [3.8, 4) is 0 Å². The van der Waals surface area contributed by atoms with E-state index in [0.29, 0.717) is 5.88 Å². The lowest BCUT2D eigenvalue weighted by Gasteiger charge is -1.88. The van der Waals surface area contributed by atoms with E-state index in [4.69, 9.17) is 5.11 Å². The Morgan fingerprint density at radius 2 is 1.67 bits per heavy atom. The predicted molar refractivity (Wildman–Crippen MR) is 48.6 cm³/mol. The van der Waals surface area contributed by atoms with Crippen LogP contribution in [0.5, 0.6) is 0 Å². The molecule has 0 heterocycles. The zero-order valence-electron chi connectivity index (χ0n) is 7.13. The first kappa shape index (κ1) is 13.8. The Morgan fingerprint density at radius 3 is 1.67 bits per heavy atom. The molecule has 0 atom stereocenters. The zero-order chi connectivity index (χ0) is 9.98. The molecule has 6 heteroatoms. The van der Waals surface area contributed by atoms with Crippen LogP contribution < -0.4 is 10.6 Å². The highest BCUT2D eigenvalue weighted by Crippen LogP contribution is 1.62. The molecule has 0 aromatic carbocycles. The molecule has 5 nitrogen and oxygen atoms in total. The van der Waals surface area contributed by atoms with E-state index >= 15 is 0 Å². The summed E-state index contributed by atoms with van der Waals surface area (Å²) in [6, 6.07) is 0. The summed E-state index contributed by atoms with van der Waals surface area (Å²) in [6.07, 6.45) is 0. The Labute approximate surface area is 76.9 Å². The second-order valence-electron chi connectivity index (χ2n) is 1.78. The van der Waals surface area contributed by atoms with Gasteiger partial charge in [-0.05, 0) is 0 Å². The molecule has 0 aliphatic heterocycles. The molecular formula is C6H14N2O3S. The highest BCUT2D eigenvalue weighted by Gasteiger charge is 1.80. The van der Waals surface area contributed by atoms with E-state index in [9.17, 15) is 9.59 Å². The zero-order valence-corrected chi connectivity index (χ0v) is 8.02. The van der Waals surface area contributed by atoms with E-state index in [1.165, 1.54) is 13.8 Å². The number of hydrogen-bond donors (Lipinski definition) is 4. The Balaban J connectivity index is 0. The molecule has 0 spiro atoms. The Morgan fingerprint density at radius 1 is 1.25 bits per heavy atom. The summed E-state index contributed by atoms with van der Waals surface area (Å²) in [7, 11) is 0. The van der Waals surface area contributed by atoms with Gasteiger partial charge in [0.1, 0.15) is 6.73 Å². The van der Waals surface area contributed by atoms with Gasteiger partial charge in [-0.2, -0.15) is 12.6 Å². The van der Waals surface area contributed by atoms with Crippen LogP contribution in [-0.2, 0) is 9.59 Å². The van der Waals surface area contributed by atoms with Crippen LogP contribution in [0.3, 0.4) is 0 Å². The topological polar surface area (TPSA) is 78.4 Å². The monoisotopic (exact) mass is 194 g/mol. The van der Waals surface area contributed by atoms with Gasteiger partial charge in [-0.15, -0.1) is 0 Å². The summed E-state index contributed by atoms with van der Waals surface area (Å²) in [4.78, 5) is 19.7. The van der Waals surface area contributed by atoms with Gasteiger partial charge < -0.3 is 15.7 Å². The Hall–Kier alpha value is -0.750. The first-order chi connectivity index (χ1) is 5.54. The fourth-order valence-corrected chi connectivity index (χ4v) is 0.445. The van der Waals surface area contributed by atoms with Gasteiger partial charge >= 0.3 is 0 Å². The van der Waals surface area contributed by atoms with Crippen molar-refractivity contribution in [3.63, 3.8) is 0 Å². The molecule has 0 aliphatic carbocycles. The molecular weight excluding hydrogens is 180 g/mol. The molecule has 0 aromatic rings. The summed E-state index contributed by atoms with van der Waals surface area (Å²) in [5, 5.41) is 12.5. The number of rotatable bonds is 2. The van der Waals surface area contributed by atoms with E-state index in [0.717, 1.165) is 0 Å². The molecule has 0 saturated carbocycles. The minimum absolute atomic E-state index is 0.0370. The lowest BCUT2D eigenvalue weighted by Crippen LogP contribution is -2.19. The van der Waals surface area contributed by atoms with E-state index in [2.05, 4.69) is 23.3 Å². The summed E-state index contributed by atoms with van der Waals surface area (Å²) in [6.45, 7) is 2.53. The number of thiol groups is 1. The van der Waals surface area contributed by atoms with Crippen LogP contribution in [-0.4, -0.2) is 29.5 Å². The largest absolute Gasteiger partial charge is 0.377 e. The first-order valence-corrected chi connectivity index (χ1v) is 3.88. The Kier molecular flexibility index (Phi) is 11.8. The third-order valence-corrected chi connectivity index (χ3v) is 0.814. The van der Waals surface area contributed by atoms with Crippen molar-refractivity contribution >= 4 is 24.4 Å². The SMILES string of the molecule is CC(=O)NCO.CC(=O)NCS. The molecule has 3 N–H and O–H groups in total. The van der Waals surface area contributed by atoms with Crippen LogP contribution in [0.2, 0.25) is 0 Å². The minimum atomic E-state index is -0.269. The van der Waals surface area contributed by atoms with Crippen molar-refractivity contribution in [1.29, 1.82) is 0 Å². The smallest absolute Gasteiger partial charge is 0.218 e. The van der Waals surface area contributed by atoms with Gasteiger partial charge in [-0.1, -0.05) is 0 Å². The van der Waals surface area contributed by atoms with Gasteiger partial charge in [0.25, 0.3) is 0 Å². The average Bonchev–Trinajstić information content (AvgIpc) is 1.87. The van der Waals surface area contributed by atoms with Crippen LogP contribution in [0, 0.1) is 0 Å². The molecule has 0 rings (SSSR count). The van der Waals surface area contributed by atoms with Gasteiger partial charge in [-0.3, -0.25) is 9.59 Å². The molecule has 0 fully saturated rings. The van der Waals surface area contributed by atoms with Crippen molar-refractivity contribution < 1.29 is 14.7 Å².